The molecule has 0 unspecified atom stereocenters. The fourth-order valence-corrected chi connectivity index (χ4v) is 3.34. The van der Waals surface area contributed by atoms with Crippen molar-refractivity contribution in [3.05, 3.63) is 75.2 Å². The van der Waals surface area contributed by atoms with Crippen LogP contribution in [0.1, 0.15) is 22.0 Å². The fourth-order valence-electron chi connectivity index (χ4n) is 2.28. The Bertz CT molecular complexity index is 1010. The highest BCUT2D eigenvalue weighted by atomic mass is 35.5. The number of rotatable bonds is 5. The van der Waals surface area contributed by atoms with Crippen LogP contribution in [0.25, 0.3) is 6.08 Å². The van der Waals surface area contributed by atoms with Crippen LogP contribution in [0.4, 0.5) is 5.13 Å². The van der Waals surface area contributed by atoms with Gasteiger partial charge in [-0.25, -0.2) is 4.98 Å². The zero-order valence-electron chi connectivity index (χ0n) is 13.8. The van der Waals surface area contributed by atoms with Crippen LogP contribution in [0.3, 0.4) is 0 Å². The molecule has 0 saturated heterocycles. The van der Waals surface area contributed by atoms with Crippen LogP contribution < -0.4 is 5.32 Å². The van der Waals surface area contributed by atoms with Gasteiger partial charge in [-0.05, 0) is 36.8 Å². The van der Waals surface area contributed by atoms with Crippen molar-refractivity contribution >= 4 is 40.1 Å². The summed E-state index contributed by atoms with van der Waals surface area (Å²) in [5.74, 6) is 0.639. The van der Waals surface area contributed by atoms with E-state index in [9.17, 15) is 10.1 Å². The highest BCUT2D eigenvalue weighted by molar-refractivity contribution is 7.15. The van der Waals surface area contributed by atoms with Gasteiger partial charge in [0.1, 0.15) is 23.2 Å². The van der Waals surface area contributed by atoms with E-state index in [1.807, 2.05) is 30.3 Å². The van der Waals surface area contributed by atoms with Gasteiger partial charge in [0, 0.05) is 28.6 Å². The predicted molar refractivity (Wildman–Crippen MR) is 102 cm³/mol. The van der Waals surface area contributed by atoms with Gasteiger partial charge in [0.05, 0.1) is 0 Å². The molecule has 2 heterocycles. The first-order chi connectivity index (χ1) is 12.5. The molecule has 0 aliphatic rings. The molecule has 0 fully saturated rings. The van der Waals surface area contributed by atoms with Crippen LogP contribution in [-0.2, 0) is 11.2 Å². The largest absolute Gasteiger partial charge is 0.462 e. The summed E-state index contributed by atoms with van der Waals surface area (Å²) in [5, 5.41) is 13.0. The van der Waals surface area contributed by atoms with Crippen LogP contribution in [0.15, 0.2) is 52.6 Å². The number of thiazole rings is 1. The monoisotopic (exact) mass is 383 g/mol. The van der Waals surface area contributed by atoms with Crippen molar-refractivity contribution in [2.45, 2.75) is 13.3 Å². The molecule has 0 atom stereocenters. The molecule has 1 amide bonds. The summed E-state index contributed by atoms with van der Waals surface area (Å²) in [6.45, 7) is 1.79. The molecule has 1 N–H and O–H groups in total. The zero-order chi connectivity index (χ0) is 18.5. The number of aromatic nitrogens is 1. The van der Waals surface area contributed by atoms with Gasteiger partial charge in [0.15, 0.2) is 5.13 Å². The maximum Gasteiger partial charge on any atom is 0.268 e. The molecule has 0 spiro atoms. The third-order valence-electron chi connectivity index (χ3n) is 3.45. The van der Waals surface area contributed by atoms with Gasteiger partial charge in [0.2, 0.25) is 0 Å². The molecule has 3 rings (SSSR count). The molecule has 0 aliphatic heterocycles. The summed E-state index contributed by atoms with van der Waals surface area (Å²) >= 11 is 7.34. The Labute approximate surface area is 159 Å². The van der Waals surface area contributed by atoms with E-state index in [4.69, 9.17) is 16.0 Å². The Morgan fingerprint density at radius 3 is 2.96 bits per heavy atom. The average molecular weight is 384 g/mol. The Balaban J connectivity index is 1.69. The minimum atomic E-state index is -0.523. The number of nitrogens with zero attached hydrogens (tertiary/aromatic N) is 2. The van der Waals surface area contributed by atoms with Crippen molar-refractivity contribution in [1.82, 2.24) is 4.98 Å². The predicted octanol–water partition coefficient (Wildman–Crippen LogP) is 4.83. The molecule has 130 valence electrons. The quantitative estimate of drug-likeness (QED) is 0.505. The van der Waals surface area contributed by atoms with Crippen molar-refractivity contribution in [2.75, 3.05) is 5.32 Å². The van der Waals surface area contributed by atoms with E-state index < -0.39 is 5.91 Å². The van der Waals surface area contributed by atoms with E-state index >= 15 is 0 Å². The maximum absolute atomic E-state index is 12.3. The summed E-state index contributed by atoms with van der Waals surface area (Å²) in [6.07, 6.45) is 3.77. The van der Waals surface area contributed by atoms with Crippen LogP contribution in [0.5, 0.6) is 0 Å². The summed E-state index contributed by atoms with van der Waals surface area (Å²) in [4.78, 5) is 17.4. The normalized spacial score (nSPS) is 11.2. The number of halogens is 1. The van der Waals surface area contributed by atoms with E-state index in [0.717, 1.165) is 10.4 Å². The number of carbonyl (C=O) groups excluding carboxylic acids is 1. The van der Waals surface area contributed by atoms with Crippen molar-refractivity contribution in [1.29, 1.82) is 5.26 Å². The lowest BCUT2D eigenvalue weighted by atomic mass is 10.1. The summed E-state index contributed by atoms with van der Waals surface area (Å²) in [7, 11) is 0. The summed E-state index contributed by atoms with van der Waals surface area (Å²) in [6, 6.07) is 12.9. The molecule has 2 aromatic heterocycles. The first-order valence-electron chi connectivity index (χ1n) is 7.72. The molecule has 26 heavy (non-hydrogen) atoms. The molecule has 0 aliphatic carbocycles. The number of aryl methyl sites for hydroxylation is 1. The minimum Gasteiger partial charge on any atom is -0.462 e. The molecule has 5 nitrogen and oxygen atoms in total. The Kier molecular flexibility index (Phi) is 5.52. The third-order valence-corrected chi connectivity index (χ3v) is 4.60. The van der Waals surface area contributed by atoms with Gasteiger partial charge >= 0.3 is 0 Å². The van der Waals surface area contributed by atoms with Crippen molar-refractivity contribution in [3.8, 4) is 6.07 Å². The van der Waals surface area contributed by atoms with Crippen molar-refractivity contribution in [2.24, 2.45) is 0 Å². The van der Waals surface area contributed by atoms with Gasteiger partial charge in [-0.2, -0.15) is 5.26 Å². The molecule has 3 aromatic rings. The smallest absolute Gasteiger partial charge is 0.268 e. The van der Waals surface area contributed by atoms with Gasteiger partial charge in [-0.1, -0.05) is 23.7 Å². The van der Waals surface area contributed by atoms with E-state index in [1.54, 1.807) is 25.3 Å². The standard InChI is InChI=1S/C19H14ClN3O2S/c1-12-5-6-16(25-12)9-14(10-21)18(24)23-19-22-11-17(26-19)8-13-3-2-4-15(20)7-13/h2-7,9,11H,8H2,1H3,(H,22,23,24). The van der Waals surface area contributed by atoms with Gasteiger partial charge in [-0.3, -0.25) is 10.1 Å². The van der Waals surface area contributed by atoms with Crippen LogP contribution in [-0.4, -0.2) is 10.9 Å². The molecular weight excluding hydrogens is 370 g/mol. The van der Waals surface area contributed by atoms with E-state index in [1.165, 1.54) is 17.4 Å². The number of hydrogen-bond donors (Lipinski definition) is 1. The second kappa shape index (κ2) is 8.00. The Hall–Kier alpha value is -2.88. The number of carbonyl (C=O) groups is 1. The number of amides is 1. The zero-order valence-corrected chi connectivity index (χ0v) is 15.4. The molecule has 1 aromatic carbocycles. The van der Waals surface area contributed by atoms with E-state index in [-0.39, 0.29) is 5.57 Å². The summed E-state index contributed by atoms with van der Waals surface area (Å²) in [5.41, 5.74) is 1.01. The molecule has 7 heteroatoms. The van der Waals surface area contributed by atoms with Crippen molar-refractivity contribution < 1.29 is 9.21 Å². The number of furan rings is 1. The number of benzene rings is 1. The number of nitrogens with one attached hydrogen (secondary N) is 1. The second-order valence-electron chi connectivity index (χ2n) is 5.51. The third kappa shape index (κ3) is 4.60. The van der Waals surface area contributed by atoms with Crippen LogP contribution in [0.2, 0.25) is 5.02 Å². The average Bonchev–Trinajstić information content (AvgIpc) is 3.21. The number of nitriles is 1. The number of anilines is 1. The Morgan fingerprint density at radius 1 is 1.42 bits per heavy atom. The molecule has 0 bridgehead atoms. The lowest BCUT2D eigenvalue weighted by Crippen LogP contribution is -2.13. The lowest BCUT2D eigenvalue weighted by Gasteiger charge is -2.00. The summed E-state index contributed by atoms with van der Waals surface area (Å²) < 4.78 is 5.37. The lowest BCUT2D eigenvalue weighted by molar-refractivity contribution is -0.112. The van der Waals surface area contributed by atoms with Crippen molar-refractivity contribution in [3.63, 3.8) is 0 Å². The highest BCUT2D eigenvalue weighted by Gasteiger charge is 2.13. The topological polar surface area (TPSA) is 78.9 Å². The van der Waals surface area contributed by atoms with Crippen LogP contribution in [0, 0.1) is 18.3 Å². The fraction of sp³-hybridized carbons (Fsp3) is 0.105. The number of hydrogen-bond acceptors (Lipinski definition) is 5. The SMILES string of the molecule is Cc1ccc(C=C(C#N)C(=O)Nc2ncc(Cc3cccc(Cl)c3)s2)o1. The molecule has 0 radical (unpaired) electrons. The van der Waals surface area contributed by atoms with E-state index in [2.05, 4.69) is 10.3 Å². The minimum absolute atomic E-state index is 0.0501. The van der Waals surface area contributed by atoms with Gasteiger partial charge in [0.25, 0.3) is 5.91 Å². The first-order valence-corrected chi connectivity index (χ1v) is 8.91. The highest BCUT2D eigenvalue weighted by Crippen LogP contribution is 2.23. The molecule has 0 saturated carbocycles. The van der Waals surface area contributed by atoms with Gasteiger partial charge < -0.3 is 4.42 Å². The van der Waals surface area contributed by atoms with Crippen LogP contribution >= 0.6 is 22.9 Å². The van der Waals surface area contributed by atoms with Gasteiger partial charge in [-0.15, -0.1) is 11.3 Å². The maximum atomic E-state index is 12.3. The first kappa shape index (κ1) is 17.9. The van der Waals surface area contributed by atoms with E-state index in [0.29, 0.717) is 28.1 Å². The molecular formula is C19H14ClN3O2S. The second-order valence-corrected chi connectivity index (χ2v) is 7.06. The Morgan fingerprint density at radius 2 is 2.27 bits per heavy atom.